The first-order valence-corrected chi connectivity index (χ1v) is 11.2. The van der Waals surface area contributed by atoms with Crippen LogP contribution >= 0.6 is 11.6 Å². The highest BCUT2D eigenvalue weighted by Crippen LogP contribution is 2.33. The second-order valence-electron chi connectivity index (χ2n) is 7.07. The lowest BCUT2D eigenvalue weighted by atomic mass is 10.1. The van der Waals surface area contributed by atoms with Gasteiger partial charge in [-0.05, 0) is 43.3 Å². The molecule has 0 radical (unpaired) electrons. The number of aliphatic hydroxyl groups is 1. The summed E-state index contributed by atoms with van der Waals surface area (Å²) in [6.45, 7) is 0.882. The lowest BCUT2D eigenvalue weighted by Gasteiger charge is -2.23. The summed E-state index contributed by atoms with van der Waals surface area (Å²) < 4.78 is 64.8. The molecule has 176 valence electrons. The first-order valence-electron chi connectivity index (χ1n) is 9.03. The molecule has 8 nitrogen and oxygen atoms in total. The van der Waals surface area contributed by atoms with Crippen molar-refractivity contribution < 1.29 is 36.3 Å². The Bertz CT molecular complexity index is 1220. The van der Waals surface area contributed by atoms with E-state index in [1.54, 1.807) is 0 Å². The summed E-state index contributed by atoms with van der Waals surface area (Å²) in [6, 6.07) is 8.74. The van der Waals surface area contributed by atoms with Crippen LogP contribution in [0.25, 0.3) is 0 Å². The van der Waals surface area contributed by atoms with Crippen LogP contribution in [0.2, 0.25) is 0 Å². The first kappa shape index (κ1) is 26.1. The standard InChI is InChI=1S/C20H17ClF3N3O5S/c1-19(30,11-33(31,32)15-4-2-3-13(7-15)26-17(28)9-21)18(29)27-14-6-5-12(10-25)16(8-14)20(22,23)24/h2-8,30H,9,11H2,1H3,(H,26,28)(H,27,29)/t19-/m0/s1. The van der Waals surface area contributed by atoms with Crippen molar-refractivity contribution in [2.24, 2.45) is 0 Å². The fourth-order valence-electron chi connectivity index (χ4n) is 2.70. The molecule has 33 heavy (non-hydrogen) atoms. The number of nitrogens with zero attached hydrogens (tertiary/aromatic N) is 1. The molecule has 2 rings (SSSR count). The van der Waals surface area contributed by atoms with Crippen LogP contribution in [0.5, 0.6) is 0 Å². The number of nitrogens with one attached hydrogen (secondary N) is 2. The molecule has 0 saturated heterocycles. The molecular formula is C20H17ClF3N3O5S. The van der Waals surface area contributed by atoms with Crippen molar-refractivity contribution in [3.63, 3.8) is 0 Å². The predicted octanol–water partition coefficient (Wildman–Crippen LogP) is 2.92. The molecule has 0 aliphatic carbocycles. The molecule has 2 aromatic carbocycles. The highest BCUT2D eigenvalue weighted by atomic mass is 35.5. The van der Waals surface area contributed by atoms with E-state index in [4.69, 9.17) is 16.9 Å². The van der Waals surface area contributed by atoms with E-state index in [0.717, 1.165) is 25.1 Å². The Morgan fingerprint density at radius 1 is 1.12 bits per heavy atom. The third-order valence-electron chi connectivity index (χ3n) is 4.26. The Kier molecular flexibility index (Phi) is 7.74. The summed E-state index contributed by atoms with van der Waals surface area (Å²) in [4.78, 5) is 23.5. The maximum Gasteiger partial charge on any atom is 0.417 e. The zero-order valence-corrected chi connectivity index (χ0v) is 18.5. The zero-order valence-electron chi connectivity index (χ0n) is 16.9. The lowest BCUT2D eigenvalue weighted by molar-refractivity contribution is -0.137. The summed E-state index contributed by atoms with van der Waals surface area (Å²) in [5.74, 6) is -3.34. The normalized spacial score (nSPS) is 13.5. The van der Waals surface area contributed by atoms with Crippen LogP contribution in [-0.2, 0) is 25.6 Å². The summed E-state index contributed by atoms with van der Waals surface area (Å²) in [5.41, 5.74) is -4.79. The third kappa shape index (κ3) is 6.67. The van der Waals surface area contributed by atoms with Gasteiger partial charge in [-0.2, -0.15) is 18.4 Å². The van der Waals surface area contributed by atoms with E-state index in [9.17, 15) is 36.3 Å². The molecule has 0 spiro atoms. The van der Waals surface area contributed by atoms with Crippen LogP contribution < -0.4 is 10.6 Å². The molecule has 2 aromatic rings. The average molecular weight is 504 g/mol. The maximum atomic E-state index is 13.1. The number of hydrogen-bond donors (Lipinski definition) is 3. The number of carbonyl (C=O) groups excluding carboxylic acids is 2. The van der Waals surface area contributed by atoms with E-state index in [0.29, 0.717) is 6.07 Å². The van der Waals surface area contributed by atoms with Crippen LogP contribution in [0.4, 0.5) is 24.5 Å². The summed E-state index contributed by atoms with van der Waals surface area (Å²) in [7, 11) is -4.28. The van der Waals surface area contributed by atoms with Gasteiger partial charge in [0.15, 0.2) is 15.4 Å². The van der Waals surface area contributed by atoms with Gasteiger partial charge in [-0.1, -0.05) is 6.07 Å². The molecule has 13 heteroatoms. The number of benzene rings is 2. The quantitative estimate of drug-likeness (QED) is 0.497. The first-order chi connectivity index (χ1) is 15.2. The smallest absolute Gasteiger partial charge is 0.379 e. The number of hydrogen-bond acceptors (Lipinski definition) is 6. The molecular weight excluding hydrogens is 487 g/mol. The van der Waals surface area contributed by atoms with Gasteiger partial charge in [-0.15, -0.1) is 11.6 Å². The number of halogens is 4. The molecule has 2 amide bonds. The minimum Gasteiger partial charge on any atom is -0.379 e. The molecule has 1 atom stereocenters. The van der Waals surface area contributed by atoms with Gasteiger partial charge < -0.3 is 15.7 Å². The van der Waals surface area contributed by atoms with Gasteiger partial charge in [0.2, 0.25) is 5.91 Å². The molecule has 0 fully saturated rings. The summed E-state index contributed by atoms with van der Waals surface area (Å²) in [5, 5.41) is 23.7. The van der Waals surface area contributed by atoms with Crippen LogP contribution in [0.15, 0.2) is 47.4 Å². The van der Waals surface area contributed by atoms with Crippen molar-refractivity contribution in [2.75, 3.05) is 22.3 Å². The second-order valence-corrected chi connectivity index (χ2v) is 9.32. The van der Waals surface area contributed by atoms with Gasteiger partial charge in [-0.3, -0.25) is 9.59 Å². The summed E-state index contributed by atoms with van der Waals surface area (Å²) >= 11 is 5.39. The van der Waals surface area contributed by atoms with Crippen molar-refractivity contribution in [2.45, 2.75) is 23.6 Å². The second kappa shape index (κ2) is 9.78. The molecule has 0 unspecified atom stereocenters. The molecule has 0 aliphatic rings. The molecule has 0 heterocycles. The molecule has 0 bridgehead atoms. The fourth-order valence-corrected chi connectivity index (χ4v) is 4.40. The number of nitriles is 1. The van der Waals surface area contributed by atoms with E-state index in [1.165, 1.54) is 24.3 Å². The predicted molar refractivity (Wildman–Crippen MR) is 113 cm³/mol. The van der Waals surface area contributed by atoms with E-state index >= 15 is 0 Å². The van der Waals surface area contributed by atoms with Gasteiger partial charge in [0.05, 0.1) is 27.8 Å². The Morgan fingerprint density at radius 2 is 1.76 bits per heavy atom. The number of amides is 2. The topological polar surface area (TPSA) is 136 Å². The number of anilines is 2. The highest BCUT2D eigenvalue weighted by molar-refractivity contribution is 7.91. The Morgan fingerprint density at radius 3 is 2.33 bits per heavy atom. The molecule has 3 N–H and O–H groups in total. The monoisotopic (exact) mass is 503 g/mol. The summed E-state index contributed by atoms with van der Waals surface area (Å²) in [6.07, 6.45) is -4.87. The van der Waals surface area contributed by atoms with Crippen molar-refractivity contribution in [3.8, 4) is 6.07 Å². The minimum absolute atomic E-state index is 0.114. The third-order valence-corrected chi connectivity index (χ3v) is 6.42. The van der Waals surface area contributed by atoms with Crippen molar-refractivity contribution >= 4 is 44.6 Å². The number of rotatable bonds is 7. The lowest BCUT2D eigenvalue weighted by Crippen LogP contribution is -2.45. The zero-order chi connectivity index (χ0) is 25.0. The maximum absolute atomic E-state index is 13.1. The number of carbonyl (C=O) groups is 2. The molecule has 0 saturated carbocycles. The SMILES string of the molecule is C[C@](O)(CS(=O)(=O)c1cccc(NC(=O)CCl)c1)C(=O)Nc1ccc(C#N)c(C(F)(F)F)c1. The van der Waals surface area contributed by atoms with Crippen molar-refractivity contribution in [1.29, 1.82) is 5.26 Å². The molecule has 0 aliphatic heterocycles. The Labute approximate surface area is 191 Å². The van der Waals surface area contributed by atoms with Gasteiger partial charge in [0, 0.05) is 11.4 Å². The van der Waals surface area contributed by atoms with Crippen LogP contribution in [0.3, 0.4) is 0 Å². The van der Waals surface area contributed by atoms with Crippen molar-refractivity contribution in [3.05, 3.63) is 53.6 Å². The Hall–Kier alpha value is -3.14. The van der Waals surface area contributed by atoms with Gasteiger partial charge in [-0.25, -0.2) is 8.42 Å². The van der Waals surface area contributed by atoms with E-state index in [-0.39, 0.29) is 16.5 Å². The fraction of sp³-hybridized carbons (Fsp3) is 0.250. The van der Waals surface area contributed by atoms with E-state index in [2.05, 4.69) is 5.32 Å². The van der Waals surface area contributed by atoms with E-state index < -0.39 is 56.0 Å². The highest BCUT2D eigenvalue weighted by Gasteiger charge is 2.38. The van der Waals surface area contributed by atoms with Gasteiger partial charge in [0.1, 0.15) is 5.88 Å². The average Bonchev–Trinajstić information content (AvgIpc) is 2.72. The largest absolute Gasteiger partial charge is 0.417 e. The van der Waals surface area contributed by atoms with Crippen LogP contribution in [0.1, 0.15) is 18.1 Å². The molecule has 0 aromatic heterocycles. The Balaban J connectivity index is 2.25. The van der Waals surface area contributed by atoms with Crippen LogP contribution in [0, 0.1) is 11.3 Å². The van der Waals surface area contributed by atoms with Gasteiger partial charge >= 0.3 is 6.18 Å². The number of sulfone groups is 1. The van der Waals surface area contributed by atoms with Crippen molar-refractivity contribution in [1.82, 2.24) is 0 Å². The van der Waals surface area contributed by atoms with Gasteiger partial charge in [0.25, 0.3) is 5.91 Å². The number of alkyl halides is 4. The minimum atomic E-state index is -4.87. The van der Waals surface area contributed by atoms with Crippen LogP contribution in [-0.4, -0.2) is 42.6 Å². The van der Waals surface area contributed by atoms with E-state index in [1.807, 2.05) is 5.32 Å².